The Balaban J connectivity index is 1.79. The van der Waals surface area contributed by atoms with Crippen molar-refractivity contribution in [3.05, 3.63) is 59.7 Å². The highest BCUT2D eigenvalue weighted by atomic mass is 31.2. The number of nitrogen functional groups attached to an aromatic ring is 2. The number of ether oxygens (including phenoxy) is 3. The van der Waals surface area contributed by atoms with Crippen LogP contribution < -0.4 is 11.5 Å². The van der Waals surface area contributed by atoms with Gasteiger partial charge in [-0.15, -0.1) is 0 Å². The Morgan fingerprint density at radius 2 is 1.44 bits per heavy atom. The lowest BCUT2D eigenvalue weighted by molar-refractivity contribution is -0.282. The fourth-order valence-electron chi connectivity index (χ4n) is 3.19. The lowest BCUT2D eigenvalue weighted by Crippen LogP contribution is -2.60. The van der Waals surface area contributed by atoms with E-state index in [2.05, 4.69) is 4.52 Å². The number of hydrogen-bond donors (Lipinski definition) is 6. The first-order chi connectivity index (χ1) is 16.0. The van der Waals surface area contributed by atoms with E-state index in [1.165, 1.54) is 30.3 Å². The summed E-state index contributed by atoms with van der Waals surface area (Å²) in [4.78, 5) is 43.2. The number of phosphoric acid groups is 1. The first kappa shape index (κ1) is 25.6. The molecule has 0 aliphatic carbocycles. The molecule has 0 amide bonds. The highest BCUT2D eigenvalue weighted by Gasteiger charge is 2.50. The Bertz CT molecular complexity index is 1090. The molecule has 1 aliphatic heterocycles. The maximum Gasteiger partial charge on any atom is 0.470 e. The van der Waals surface area contributed by atoms with Crippen LogP contribution in [0, 0.1) is 0 Å². The maximum absolute atomic E-state index is 12.5. The van der Waals surface area contributed by atoms with Crippen LogP contribution in [0.1, 0.15) is 20.7 Å². The summed E-state index contributed by atoms with van der Waals surface area (Å²) in [5.74, 6) is -1.90. The number of nitrogens with two attached hydrogens (primary N) is 2. The summed E-state index contributed by atoms with van der Waals surface area (Å²) in [7, 11) is -5.21. The third kappa shape index (κ3) is 6.10. The van der Waals surface area contributed by atoms with Gasteiger partial charge in [-0.2, -0.15) is 0 Å². The average Bonchev–Trinajstić information content (AvgIpc) is 2.77. The van der Waals surface area contributed by atoms with Gasteiger partial charge in [-0.25, -0.2) is 14.2 Å². The molecule has 1 heterocycles. The van der Waals surface area contributed by atoms with Gasteiger partial charge in [-0.05, 0) is 24.3 Å². The summed E-state index contributed by atoms with van der Waals surface area (Å²) in [5, 5.41) is 20.9. The minimum atomic E-state index is -5.21. The first-order valence-electron chi connectivity index (χ1n) is 9.80. The summed E-state index contributed by atoms with van der Waals surface area (Å²) in [6.07, 6.45) is -9.25. The fourth-order valence-corrected chi connectivity index (χ4v) is 3.76. The number of rotatable bonds is 7. The zero-order valence-corrected chi connectivity index (χ0v) is 18.4. The number of phosphoric ester groups is 1. The summed E-state index contributed by atoms with van der Waals surface area (Å²) in [6.45, 7) is -0.663. The number of anilines is 2. The largest absolute Gasteiger partial charge is 0.470 e. The van der Waals surface area contributed by atoms with Crippen molar-refractivity contribution in [2.45, 2.75) is 30.7 Å². The molecule has 14 heteroatoms. The number of esters is 2. The number of aliphatic hydroxyl groups is 2. The van der Waals surface area contributed by atoms with Crippen molar-refractivity contribution in [3.8, 4) is 0 Å². The molecule has 3 rings (SSSR count). The van der Waals surface area contributed by atoms with E-state index >= 15 is 0 Å². The molecule has 184 valence electrons. The van der Waals surface area contributed by atoms with Crippen LogP contribution in [0.2, 0.25) is 0 Å². The highest BCUT2D eigenvalue weighted by Crippen LogP contribution is 2.41. The van der Waals surface area contributed by atoms with E-state index in [0.29, 0.717) is 0 Å². The molecular formula is C20H23N2O11P. The molecule has 8 N–H and O–H groups in total. The van der Waals surface area contributed by atoms with Crippen molar-refractivity contribution >= 4 is 31.1 Å². The molecule has 2 aromatic rings. The standard InChI is InChI=1S/C20H23N2O11P/c21-12-7-3-1-5-10(12)18(25)30-9-14-15(23)17(33-34(27,28)29)16(24)20(31-14)32-19(26)11-6-2-4-8-13(11)22/h1-8,14-17,20,23-24H,9,21-22H2,(H2,27,28,29)/t14-,15-,16-,17+,20+/m1/s1. The van der Waals surface area contributed by atoms with E-state index in [4.69, 9.17) is 25.7 Å². The van der Waals surface area contributed by atoms with Crippen molar-refractivity contribution in [2.24, 2.45) is 0 Å². The maximum atomic E-state index is 12.5. The van der Waals surface area contributed by atoms with Gasteiger partial charge >= 0.3 is 19.8 Å². The van der Waals surface area contributed by atoms with Gasteiger partial charge in [0.15, 0.2) is 0 Å². The van der Waals surface area contributed by atoms with Crippen molar-refractivity contribution in [3.63, 3.8) is 0 Å². The molecule has 0 saturated carbocycles. The second-order valence-corrected chi connectivity index (χ2v) is 8.45. The predicted octanol–water partition coefficient (Wildman–Crippen LogP) is -0.211. The Labute approximate surface area is 193 Å². The lowest BCUT2D eigenvalue weighted by atomic mass is 9.99. The molecule has 1 fully saturated rings. The molecule has 0 bridgehead atoms. The van der Waals surface area contributed by atoms with Gasteiger partial charge in [-0.1, -0.05) is 24.3 Å². The summed E-state index contributed by atoms with van der Waals surface area (Å²) in [5.41, 5.74) is 11.6. The van der Waals surface area contributed by atoms with E-state index in [-0.39, 0.29) is 22.5 Å². The number of aliphatic hydroxyl groups excluding tert-OH is 2. The van der Waals surface area contributed by atoms with Crippen molar-refractivity contribution in [2.75, 3.05) is 18.1 Å². The predicted molar refractivity (Wildman–Crippen MR) is 115 cm³/mol. The van der Waals surface area contributed by atoms with Crippen LogP contribution in [0.3, 0.4) is 0 Å². The van der Waals surface area contributed by atoms with Crippen LogP contribution in [-0.2, 0) is 23.3 Å². The molecule has 0 spiro atoms. The quantitative estimate of drug-likeness (QED) is 0.165. The molecule has 0 radical (unpaired) electrons. The summed E-state index contributed by atoms with van der Waals surface area (Å²) >= 11 is 0. The van der Waals surface area contributed by atoms with E-state index in [9.17, 15) is 34.2 Å². The number of carbonyl (C=O) groups excluding carboxylic acids is 2. The Kier molecular flexibility index (Phi) is 7.89. The second kappa shape index (κ2) is 10.5. The number of para-hydroxylation sites is 2. The lowest BCUT2D eigenvalue weighted by Gasteiger charge is -2.41. The van der Waals surface area contributed by atoms with E-state index < -0.39 is 57.1 Å². The van der Waals surface area contributed by atoms with Gasteiger partial charge in [0.25, 0.3) is 0 Å². The van der Waals surface area contributed by atoms with Crippen LogP contribution in [0.25, 0.3) is 0 Å². The van der Waals surface area contributed by atoms with Crippen LogP contribution in [0.4, 0.5) is 11.4 Å². The molecular weight excluding hydrogens is 475 g/mol. The topological polar surface area (TPSA) is 221 Å². The third-order valence-corrected chi connectivity index (χ3v) is 5.38. The highest BCUT2D eigenvalue weighted by molar-refractivity contribution is 7.46. The molecule has 0 unspecified atom stereocenters. The van der Waals surface area contributed by atoms with E-state index in [1.54, 1.807) is 18.2 Å². The Morgan fingerprint density at radius 1 is 0.912 bits per heavy atom. The summed E-state index contributed by atoms with van der Waals surface area (Å²) < 4.78 is 31.4. The minimum Gasteiger partial charge on any atom is -0.459 e. The molecule has 1 saturated heterocycles. The molecule has 34 heavy (non-hydrogen) atoms. The van der Waals surface area contributed by atoms with E-state index in [1.807, 2.05) is 0 Å². The monoisotopic (exact) mass is 498 g/mol. The second-order valence-electron chi connectivity index (χ2n) is 7.26. The van der Waals surface area contributed by atoms with Gasteiger partial charge < -0.3 is 45.7 Å². The van der Waals surface area contributed by atoms with Gasteiger partial charge in [0, 0.05) is 11.4 Å². The Morgan fingerprint density at radius 3 is 1.97 bits per heavy atom. The molecule has 2 aromatic carbocycles. The van der Waals surface area contributed by atoms with Crippen molar-refractivity contribution in [1.29, 1.82) is 0 Å². The zero-order chi connectivity index (χ0) is 25.0. The molecule has 1 aliphatic rings. The number of hydrogen-bond acceptors (Lipinski definition) is 11. The first-order valence-corrected chi connectivity index (χ1v) is 11.3. The van der Waals surface area contributed by atoms with Crippen LogP contribution in [-0.4, -0.2) is 69.3 Å². The van der Waals surface area contributed by atoms with E-state index in [0.717, 1.165) is 0 Å². The van der Waals surface area contributed by atoms with Gasteiger partial charge in [0.05, 0.1) is 11.1 Å². The average molecular weight is 498 g/mol. The number of carbonyl (C=O) groups is 2. The SMILES string of the molecule is Nc1ccccc1C(=O)OC[C@H]1O[C@@H](OC(=O)c2ccccc2N)[C@H](O)[C@@H](OP(=O)(O)O)[C@@H]1O. The zero-order valence-electron chi connectivity index (χ0n) is 17.5. The van der Waals surface area contributed by atoms with Crippen LogP contribution in [0.5, 0.6) is 0 Å². The normalized spacial score (nSPS) is 24.9. The number of benzene rings is 2. The fraction of sp³-hybridized carbons (Fsp3) is 0.300. The molecule has 0 aromatic heterocycles. The van der Waals surface area contributed by atoms with Gasteiger partial charge in [-0.3, -0.25) is 4.52 Å². The van der Waals surface area contributed by atoms with Crippen molar-refractivity contribution in [1.82, 2.24) is 0 Å². The smallest absolute Gasteiger partial charge is 0.459 e. The summed E-state index contributed by atoms with van der Waals surface area (Å²) in [6, 6.07) is 11.9. The Hall–Kier alpha value is -3.03. The van der Waals surface area contributed by atoms with Crippen LogP contribution in [0.15, 0.2) is 48.5 Å². The molecule has 13 nitrogen and oxygen atoms in total. The van der Waals surface area contributed by atoms with Crippen LogP contribution >= 0.6 is 7.82 Å². The van der Waals surface area contributed by atoms with Gasteiger partial charge in [0.1, 0.15) is 31.0 Å². The third-order valence-electron chi connectivity index (χ3n) is 4.86. The van der Waals surface area contributed by atoms with Crippen molar-refractivity contribution < 1.29 is 52.9 Å². The minimum absolute atomic E-state index is 0.0263. The molecule has 5 atom stereocenters. The van der Waals surface area contributed by atoms with Gasteiger partial charge in [0.2, 0.25) is 6.29 Å².